The fourth-order valence-electron chi connectivity index (χ4n) is 3.24. The molecule has 1 aliphatic rings. The van der Waals surface area contributed by atoms with Crippen LogP contribution in [0.25, 0.3) is 0 Å². The summed E-state index contributed by atoms with van der Waals surface area (Å²) in [7, 11) is 1.67. The zero-order chi connectivity index (χ0) is 18.2. The van der Waals surface area contributed by atoms with Crippen molar-refractivity contribution < 1.29 is 9.53 Å². The number of pyridine rings is 1. The largest absolute Gasteiger partial charge is 0.497 e. The third-order valence-electron chi connectivity index (χ3n) is 4.78. The average Bonchev–Trinajstić information content (AvgIpc) is 2.98. The van der Waals surface area contributed by atoms with E-state index in [0.717, 1.165) is 50.5 Å². The Hall–Kier alpha value is -2.56. The molecule has 3 rings (SSSR count). The summed E-state index contributed by atoms with van der Waals surface area (Å²) in [6.07, 6.45) is 7.24. The van der Waals surface area contributed by atoms with Gasteiger partial charge >= 0.3 is 0 Å². The fourth-order valence-corrected chi connectivity index (χ4v) is 3.24. The summed E-state index contributed by atoms with van der Waals surface area (Å²) in [6, 6.07) is 11.7. The quantitative estimate of drug-likeness (QED) is 0.859. The summed E-state index contributed by atoms with van der Waals surface area (Å²) in [6.45, 7) is 2.49. The Morgan fingerprint density at radius 1 is 1.12 bits per heavy atom. The Morgan fingerprint density at radius 3 is 2.54 bits per heavy atom. The minimum Gasteiger partial charge on any atom is -0.497 e. The second kappa shape index (κ2) is 9.22. The SMILES string of the molecule is COc1ccc(CCNc2cc(C(=O)N3CCCCCC3)ccn2)cc1. The van der Waals surface area contributed by atoms with Crippen LogP contribution in [0.15, 0.2) is 42.6 Å². The molecule has 1 fully saturated rings. The van der Waals surface area contributed by atoms with Crippen LogP contribution in [0, 0.1) is 0 Å². The van der Waals surface area contributed by atoms with Crippen LogP contribution in [-0.2, 0) is 6.42 Å². The number of likely N-dealkylation sites (tertiary alicyclic amines) is 1. The lowest BCUT2D eigenvalue weighted by molar-refractivity contribution is 0.0761. The molecule has 1 N–H and O–H groups in total. The normalized spacial score (nSPS) is 14.6. The maximum Gasteiger partial charge on any atom is 0.254 e. The number of aromatic nitrogens is 1. The summed E-state index contributed by atoms with van der Waals surface area (Å²) < 4.78 is 5.17. The van der Waals surface area contributed by atoms with Gasteiger partial charge in [-0.05, 0) is 49.1 Å². The number of ether oxygens (including phenoxy) is 1. The molecule has 0 unspecified atom stereocenters. The lowest BCUT2D eigenvalue weighted by atomic mass is 10.1. The molecule has 0 aliphatic carbocycles. The molecule has 1 aliphatic heterocycles. The molecule has 0 saturated carbocycles. The van der Waals surface area contributed by atoms with Gasteiger partial charge in [0.1, 0.15) is 11.6 Å². The summed E-state index contributed by atoms with van der Waals surface area (Å²) >= 11 is 0. The first-order chi connectivity index (χ1) is 12.8. The lowest BCUT2D eigenvalue weighted by Crippen LogP contribution is -2.31. The highest BCUT2D eigenvalue weighted by Gasteiger charge is 2.17. The Kier molecular flexibility index (Phi) is 6.47. The molecule has 0 bridgehead atoms. The van der Waals surface area contributed by atoms with E-state index in [4.69, 9.17) is 4.74 Å². The number of methoxy groups -OCH3 is 1. The molecule has 1 saturated heterocycles. The van der Waals surface area contributed by atoms with Gasteiger partial charge in [0, 0.05) is 31.4 Å². The van der Waals surface area contributed by atoms with Crippen LogP contribution < -0.4 is 10.1 Å². The van der Waals surface area contributed by atoms with Crippen LogP contribution in [-0.4, -0.2) is 42.5 Å². The van der Waals surface area contributed by atoms with Crippen molar-refractivity contribution in [3.05, 3.63) is 53.7 Å². The average molecular weight is 353 g/mol. The van der Waals surface area contributed by atoms with Crippen LogP contribution >= 0.6 is 0 Å². The van der Waals surface area contributed by atoms with Crippen molar-refractivity contribution in [2.45, 2.75) is 32.1 Å². The zero-order valence-corrected chi connectivity index (χ0v) is 15.4. The number of nitrogens with one attached hydrogen (secondary N) is 1. The fraction of sp³-hybridized carbons (Fsp3) is 0.429. The summed E-state index contributed by atoms with van der Waals surface area (Å²) in [4.78, 5) is 19.0. The predicted octanol–water partition coefficient (Wildman–Crippen LogP) is 3.76. The van der Waals surface area contributed by atoms with Crippen molar-refractivity contribution in [1.82, 2.24) is 9.88 Å². The molecular weight excluding hydrogens is 326 g/mol. The first kappa shape index (κ1) is 18.2. The van der Waals surface area contributed by atoms with Gasteiger partial charge in [-0.25, -0.2) is 4.98 Å². The van der Waals surface area contributed by atoms with E-state index in [9.17, 15) is 4.79 Å². The molecule has 1 aromatic heterocycles. The van der Waals surface area contributed by atoms with Gasteiger partial charge in [-0.1, -0.05) is 25.0 Å². The van der Waals surface area contributed by atoms with Gasteiger partial charge in [0.25, 0.3) is 5.91 Å². The van der Waals surface area contributed by atoms with Crippen molar-refractivity contribution >= 4 is 11.7 Å². The second-order valence-electron chi connectivity index (χ2n) is 6.66. The summed E-state index contributed by atoms with van der Waals surface area (Å²) in [5, 5.41) is 3.32. The number of hydrogen-bond donors (Lipinski definition) is 1. The van der Waals surface area contributed by atoms with E-state index in [1.165, 1.54) is 18.4 Å². The van der Waals surface area contributed by atoms with Gasteiger partial charge < -0.3 is 15.0 Å². The molecule has 0 atom stereocenters. The molecule has 1 aromatic carbocycles. The zero-order valence-electron chi connectivity index (χ0n) is 15.4. The summed E-state index contributed by atoms with van der Waals surface area (Å²) in [5.74, 6) is 1.73. The highest BCUT2D eigenvalue weighted by Crippen LogP contribution is 2.15. The maximum absolute atomic E-state index is 12.7. The Bertz CT molecular complexity index is 707. The highest BCUT2D eigenvalue weighted by molar-refractivity contribution is 5.94. The van der Waals surface area contributed by atoms with Gasteiger partial charge in [0.15, 0.2) is 0 Å². The van der Waals surface area contributed by atoms with Gasteiger partial charge in [-0.15, -0.1) is 0 Å². The van der Waals surface area contributed by atoms with Gasteiger partial charge in [0.05, 0.1) is 7.11 Å². The summed E-state index contributed by atoms with van der Waals surface area (Å²) in [5.41, 5.74) is 1.95. The van der Waals surface area contributed by atoms with Gasteiger partial charge in [0.2, 0.25) is 0 Å². The molecular formula is C21H27N3O2. The molecule has 138 valence electrons. The Morgan fingerprint density at radius 2 is 1.85 bits per heavy atom. The van der Waals surface area contributed by atoms with E-state index in [1.807, 2.05) is 29.2 Å². The van der Waals surface area contributed by atoms with Crippen molar-refractivity contribution in [3.63, 3.8) is 0 Å². The van der Waals surface area contributed by atoms with Crippen molar-refractivity contribution in [2.24, 2.45) is 0 Å². The molecule has 2 heterocycles. The third-order valence-corrected chi connectivity index (χ3v) is 4.78. The molecule has 0 spiro atoms. The van der Waals surface area contributed by atoms with Crippen molar-refractivity contribution in [1.29, 1.82) is 0 Å². The van der Waals surface area contributed by atoms with Crippen LogP contribution in [0.2, 0.25) is 0 Å². The number of carbonyl (C=O) groups is 1. The molecule has 0 radical (unpaired) electrons. The smallest absolute Gasteiger partial charge is 0.254 e. The van der Waals surface area contributed by atoms with E-state index in [1.54, 1.807) is 13.3 Å². The number of carbonyl (C=O) groups excluding carboxylic acids is 1. The topological polar surface area (TPSA) is 54.5 Å². The Labute approximate surface area is 155 Å². The van der Waals surface area contributed by atoms with Crippen molar-refractivity contribution in [2.75, 3.05) is 32.1 Å². The third kappa shape index (κ3) is 4.97. The molecule has 26 heavy (non-hydrogen) atoms. The standard InChI is InChI=1S/C21H27N3O2/c1-26-19-8-6-17(7-9-19)10-12-22-20-16-18(11-13-23-20)21(25)24-14-4-2-3-5-15-24/h6-9,11,13,16H,2-5,10,12,14-15H2,1H3,(H,22,23). The van der Waals surface area contributed by atoms with Crippen LogP contribution in [0.1, 0.15) is 41.6 Å². The molecule has 5 nitrogen and oxygen atoms in total. The van der Waals surface area contributed by atoms with E-state index in [2.05, 4.69) is 22.4 Å². The van der Waals surface area contributed by atoms with E-state index in [0.29, 0.717) is 5.56 Å². The molecule has 5 heteroatoms. The minimum atomic E-state index is 0.118. The minimum absolute atomic E-state index is 0.118. The number of nitrogens with zero attached hydrogens (tertiary/aromatic N) is 2. The molecule has 2 aromatic rings. The van der Waals surface area contributed by atoms with E-state index in [-0.39, 0.29) is 5.91 Å². The molecule has 1 amide bonds. The van der Waals surface area contributed by atoms with Crippen LogP contribution in [0.4, 0.5) is 5.82 Å². The maximum atomic E-state index is 12.7. The van der Waals surface area contributed by atoms with Crippen molar-refractivity contribution in [3.8, 4) is 5.75 Å². The van der Waals surface area contributed by atoms with Crippen LogP contribution in [0.5, 0.6) is 5.75 Å². The van der Waals surface area contributed by atoms with E-state index >= 15 is 0 Å². The van der Waals surface area contributed by atoms with Crippen LogP contribution in [0.3, 0.4) is 0 Å². The number of amides is 1. The first-order valence-electron chi connectivity index (χ1n) is 9.38. The van der Waals surface area contributed by atoms with Gasteiger partial charge in [-0.3, -0.25) is 4.79 Å². The predicted molar refractivity (Wildman–Crippen MR) is 104 cm³/mol. The van der Waals surface area contributed by atoms with E-state index < -0.39 is 0 Å². The number of anilines is 1. The lowest BCUT2D eigenvalue weighted by Gasteiger charge is -2.20. The Balaban J connectivity index is 1.55. The monoisotopic (exact) mass is 353 g/mol. The second-order valence-corrected chi connectivity index (χ2v) is 6.66. The highest BCUT2D eigenvalue weighted by atomic mass is 16.5. The number of hydrogen-bond acceptors (Lipinski definition) is 4. The van der Waals surface area contributed by atoms with Gasteiger partial charge in [-0.2, -0.15) is 0 Å². The number of benzene rings is 1. The number of rotatable bonds is 6. The first-order valence-corrected chi connectivity index (χ1v) is 9.38.